The van der Waals surface area contributed by atoms with Gasteiger partial charge in [-0.2, -0.15) is 5.10 Å². The third-order valence-electron chi connectivity index (χ3n) is 2.57. The van der Waals surface area contributed by atoms with E-state index in [4.69, 9.17) is 0 Å². The largest absolute Gasteiger partial charge is 0.343 e. The number of amides is 1. The molecular weight excluding hydrogens is 214 g/mol. The first-order valence-electron chi connectivity index (χ1n) is 5.72. The predicted octanol–water partition coefficient (Wildman–Crippen LogP) is 2.33. The standard InChI is InChI=1S/C13H21N3O/c1-9-7-12(8-14-15-11(3)17)10(2)16(9)13(4,5)6/h7-8H,1-6H3,(H,15,17)/b14-8-. The van der Waals surface area contributed by atoms with Gasteiger partial charge in [0.05, 0.1) is 6.21 Å². The first-order valence-corrected chi connectivity index (χ1v) is 5.72. The van der Waals surface area contributed by atoms with Crippen LogP contribution < -0.4 is 5.43 Å². The molecule has 0 fully saturated rings. The Morgan fingerprint density at radius 2 is 2.00 bits per heavy atom. The average Bonchev–Trinajstić information content (AvgIpc) is 2.40. The van der Waals surface area contributed by atoms with Crippen LogP contribution in [0.4, 0.5) is 0 Å². The van der Waals surface area contributed by atoms with Gasteiger partial charge in [-0.05, 0) is 40.7 Å². The van der Waals surface area contributed by atoms with Gasteiger partial charge in [0, 0.05) is 29.4 Å². The van der Waals surface area contributed by atoms with Crippen molar-refractivity contribution in [3.8, 4) is 0 Å². The van der Waals surface area contributed by atoms with Crippen molar-refractivity contribution in [3.63, 3.8) is 0 Å². The van der Waals surface area contributed by atoms with Crippen molar-refractivity contribution < 1.29 is 4.79 Å². The molecule has 0 radical (unpaired) electrons. The molecule has 0 bridgehead atoms. The highest BCUT2D eigenvalue weighted by Gasteiger charge is 2.18. The first-order chi connectivity index (χ1) is 7.73. The molecule has 1 rings (SSSR count). The molecule has 0 aromatic carbocycles. The molecular formula is C13H21N3O. The number of aromatic nitrogens is 1. The Bertz CT molecular complexity index is 450. The van der Waals surface area contributed by atoms with Gasteiger partial charge in [0.2, 0.25) is 5.91 Å². The second-order valence-electron chi connectivity index (χ2n) is 5.26. The fourth-order valence-electron chi connectivity index (χ4n) is 2.14. The zero-order valence-corrected chi connectivity index (χ0v) is 11.5. The molecule has 1 N–H and O–H groups in total. The van der Waals surface area contributed by atoms with E-state index in [1.165, 1.54) is 12.6 Å². The van der Waals surface area contributed by atoms with Crippen molar-refractivity contribution in [2.75, 3.05) is 0 Å². The molecule has 0 unspecified atom stereocenters. The highest BCUT2D eigenvalue weighted by molar-refractivity contribution is 5.83. The average molecular weight is 235 g/mol. The van der Waals surface area contributed by atoms with E-state index in [1.54, 1.807) is 6.21 Å². The molecule has 0 atom stereocenters. The summed E-state index contributed by atoms with van der Waals surface area (Å²) in [7, 11) is 0. The zero-order valence-electron chi connectivity index (χ0n) is 11.5. The summed E-state index contributed by atoms with van der Waals surface area (Å²) in [4.78, 5) is 10.7. The van der Waals surface area contributed by atoms with Crippen LogP contribution >= 0.6 is 0 Å². The van der Waals surface area contributed by atoms with E-state index in [0.717, 1.165) is 11.3 Å². The van der Waals surface area contributed by atoms with E-state index in [1.807, 2.05) is 0 Å². The van der Waals surface area contributed by atoms with Gasteiger partial charge in [-0.25, -0.2) is 5.43 Å². The van der Waals surface area contributed by atoms with Crippen LogP contribution in [-0.2, 0) is 10.3 Å². The monoisotopic (exact) mass is 235 g/mol. The first kappa shape index (κ1) is 13.5. The molecule has 0 aliphatic rings. The minimum absolute atomic E-state index is 0.0499. The normalized spacial score (nSPS) is 12.1. The lowest BCUT2D eigenvalue weighted by molar-refractivity contribution is -0.118. The molecule has 0 aliphatic heterocycles. The van der Waals surface area contributed by atoms with Crippen molar-refractivity contribution in [3.05, 3.63) is 23.0 Å². The van der Waals surface area contributed by atoms with Crippen LogP contribution in [0.1, 0.15) is 44.6 Å². The molecule has 1 heterocycles. The van der Waals surface area contributed by atoms with Gasteiger partial charge in [0.15, 0.2) is 0 Å². The van der Waals surface area contributed by atoms with Crippen molar-refractivity contribution in [2.45, 2.75) is 47.1 Å². The topological polar surface area (TPSA) is 46.4 Å². The molecule has 1 amide bonds. The Morgan fingerprint density at radius 1 is 1.41 bits per heavy atom. The fourth-order valence-corrected chi connectivity index (χ4v) is 2.14. The minimum Gasteiger partial charge on any atom is -0.343 e. The van der Waals surface area contributed by atoms with Crippen LogP contribution in [0.3, 0.4) is 0 Å². The third kappa shape index (κ3) is 3.19. The van der Waals surface area contributed by atoms with Crippen LogP contribution in [0.25, 0.3) is 0 Å². The summed E-state index contributed by atoms with van der Waals surface area (Å²) < 4.78 is 2.27. The summed E-state index contributed by atoms with van der Waals surface area (Å²) in [6, 6.07) is 2.08. The summed E-state index contributed by atoms with van der Waals surface area (Å²) >= 11 is 0. The molecule has 1 aromatic rings. The molecule has 0 spiro atoms. The Kier molecular flexibility index (Phi) is 3.76. The molecule has 4 heteroatoms. The number of nitrogens with one attached hydrogen (secondary N) is 1. The van der Waals surface area contributed by atoms with E-state index in [-0.39, 0.29) is 11.4 Å². The molecule has 4 nitrogen and oxygen atoms in total. The van der Waals surface area contributed by atoms with Crippen LogP contribution in [0.2, 0.25) is 0 Å². The van der Waals surface area contributed by atoms with Crippen LogP contribution in [0, 0.1) is 13.8 Å². The van der Waals surface area contributed by atoms with Crippen molar-refractivity contribution in [2.24, 2.45) is 5.10 Å². The number of carbonyl (C=O) groups is 1. The molecule has 0 aliphatic carbocycles. The Hall–Kier alpha value is -1.58. The number of nitrogens with zero attached hydrogens (tertiary/aromatic N) is 2. The molecule has 17 heavy (non-hydrogen) atoms. The molecule has 94 valence electrons. The lowest BCUT2D eigenvalue weighted by atomic mass is 10.1. The number of rotatable bonds is 2. The summed E-state index contributed by atoms with van der Waals surface area (Å²) in [6.45, 7) is 12.1. The number of hydrazone groups is 1. The molecule has 0 saturated carbocycles. The number of carbonyl (C=O) groups excluding carboxylic acids is 1. The second-order valence-corrected chi connectivity index (χ2v) is 5.26. The molecule has 1 aromatic heterocycles. The van der Waals surface area contributed by atoms with Gasteiger partial charge in [-0.3, -0.25) is 4.79 Å². The Morgan fingerprint density at radius 3 is 2.41 bits per heavy atom. The van der Waals surface area contributed by atoms with Gasteiger partial charge < -0.3 is 4.57 Å². The van der Waals surface area contributed by atoms with Gasteiger partial charge in [0.1, 0.15) is 0 Å². The summed E-state index contributed by atoms with van der Waals surface area (Å²) in [5.41, 5.74) is 5.84. The van der Waals surface area contributed by atoms with Crippen molar-refractivity contribution >= 4 is 12.1 Å². The lowest BCUT2D eigenvalue weighted by Crippen LogP contribution is -2.24. The minimum atomic E-state index is -0.161. The van der Waals surface area contributed by atoms with Crippen molar-refractivity contribution in [1.82, 2.24) is 9.99 Å². The summed E-state index contributed by atoms with van der Waals surface area (Å²) in [5, 5.41) is 3.90. The Labute approximate surface area is 103 Å². The van der Waals surface area contributed by atoms with Gasteiger partial charge in [-0.15, -0.1) is 0 Å². The van der Waals surface area contributed by atoms with Gasteiger partial charge in [-0.1, -0.05) is 0 Å². The number of aryl methyl sites for hydroxylation is 1. The SMILES string of the molecule is CC(=O)N/N=C\c1cc(C)n(C(C)(C)C)c1C. The van der Waals surface area contributed by atoms with Crippen LogP contribution in [-0.4, -0.2) is 16.7 Å². The summed E-state index contributed by atoms with van der Waals surface area (Å²) in [5.74, 6) is -0.161. The maximum absolute atomic E-state index is 10.7. The van der Waals surface area contributed by atoms with Crippen molar-refractivity contribution in [1.29, 1.82) is 0 Å². The smallest absolute Gasteiger partial charge is 0.236 e. The predicted molar refractivity (Wildman–Crippen MR) is 70.3 cm³/mol. The van der Waals surface area contributed by atoms with Gasteiger partial charge in [0.25, 0.3) is 0 Å². The Balaban J connectivity index is 3.05. The maximum Gasteiger partial charge on any atom is 0.236 e. The fraction of sp³-hybridized carbons (Fsp3) is 0.538. The number of hydrogen-bond acceptors (Lipinski definition) is 2. The highest BCUT2D eigenvalue weighted by atomic mass is 16.2. The van der Waals surface area contributed by atoms with E-state index in [0.29, 0.717) is 0 Å². The third-order valence-corrected chi connectivity index (χ3v) is 2.57. The van der Waals surface area contributed by atoms with Crippen LogP contribution in [0.5, 0.6) is 0 Å². The number of hydrogen-bond donors (Lipinski definition) is 1. The van der Waals surface area contributed by atoms with E-state index >= 15 is 0 Å². The highest BCUT2D eigenvalue weighted by Crippen LogP contribution is 2.23. The van der Waals surface area contributed by atoms with E-state index in [2.05, 4.69) is 55.8 Å². The lowest BCUT2D eigenvalue weighted by Gasteiger charge is -2.25. The zero-order chi connectivity index (χ0) is 13.2. The summed E-state index contributed by atoms with van der Waals surface area (Å²) in [6.07, 6.45) is 1.69. The quantitative estimate of drug-likeness (QED) is 0.620. The molecule has 0 saturated heterocycles. The maximum atomic E-state index is 10.7. The van der Waals surface area contributed by atoms with Crippen LogP contribution in [0.15, 0.2) is 11.2 Å². The second kappa shape index (κ2) is 4.73. The van der Waals surface area contributed by atoms with E-state index < -0.39 is 0 Å². The van der Waals surface area contributed by atoms with E-state index in [9.17, 15) is 4.79 Å². The van der Waals surface area contributed by atoms with Gasteiger partial charge >= 0.3 is 0 Å².